The second kappa shape index (κ2) is 9.70. The SMILES string of the molecule is CNC(=O)[C@@H]1OC(n2cnc3c(NCc4cc(Cl)ccn4)nc(-c4cncc(F)c4)nc32)C(O)C1O. The Bertz CT molecular complexity index is 1440. The van der Waals surface area contributed by atoms with E-state index in [1.165, 1.54) is 30.2 Å². The zero-order valence-electron chi connectivity index (χ0n) is 18.7. The number of halogens is 2. The fourth-order valence-corrected chi connectivity index (χ4v) is 4.04. The van der Waals surface area contributed by atoms with Crippen LogP contribution in [0.3, 0.4) is 0 Å². The molecule has 1 aliphatic heterocycles. The van der Waals surface area contributed by atoms with E-state index in [1.807, 2.05) is 0 Å². The zero-order valence-corrected chi connectivity index (χ0v) is 19.5. The van der Waals surface area contributed by atoms with Crippen LogP contribution < -0.4 is 10.6 Å². The second-order valence-corrected chi connectivity index (χ2v) is 8.41. The number of pyridine rings is 2. The maximum Gasteiger partial charge on any atom is 0.251 e. The van der Waals surface area contributed by atoms with Gasteiger partial charge in [-0.3, -0.25) is 19.3 Å². The molecular formula is C22H20ClFN8O4. The van der Waals surface area contributed by atoms with Crippen LogP contribution in [0.15, 0.2) is 43.1 Å². The summed E-state index contributed by atoms with van der Waals surface area (Å²) in [6.07, 6.45) is -0.0310. The van der Waals surface area contributed by atoms with Gasteiger partial charge in [-0.2, -0.15) is 0 Å². The summed E-state index contributed by atoms with van der Waals surface area (Å²) in [4.78, 5) is 33.6. The number of rotatable bonds is 6. The third kappa shape index (κ3) is 4.44. The smallest absolute Gasteiger partial charge is 0.251 e. The average Bonchev–Trinajstić information content (AvgIpc) is 3.43. The predicted molar refractivity (Wildman–Crippen MR) is 125 cm³/mol. The minimum atomic E-state index is -1.48. The van der Waals surface area contributed by atoms with Gasteiger partial charge in [0.1, 0.15) is 18.0 Å². The number of aliphatic hydroxyl groups excluding tert-OH is 2. The molecule has 14 heteroatoms. The minimum Gasteiger partial charge on any atom is -0.387 e. The Morgan fingerprint density at radius 2 is 2.06 bits per heavy atom. The summed E-state index contributed by atoms with van der Waals surface area (Å²) >= 11 is 6.05. The Kier molecular flexibility index (Phi) is 6.45. The van der Waals surface area contributed by atoms with Crippen molar-refractivity contribution in [3.05, 3.63) is 59.7 Å². The number of aliphatic hydroxyl groups is 2. The molecule has 0 spiro atoms. The number of amides is 1. The largest absolute Gasteiger partial charge is 0.387 e. The molecule has 3 unspecified atom stereocenters. The minimum absolute atomic E-state index is 0.119. The average molecular weight is 515 g/mol. The number of nitrogens with one attached hydrogen (secondary N) is 2. The van der Waals surface area contributed by atoms with E-state index in [2.05, 4.69) is 35.6 Å². The molecule has 0 bridgehead atoms. The van der Waals surface area contributed by atoms with Crippen molar-refractivity contribution in [1.29, 1.82) is 0 Å². The first-order valence-corrected chi connectivity index (χ1v) is 11.2. The van der Waals surface area contributed by atoms with E-state index < -0.39 is 36.3 Å². The van der Waals surface area contributed by atoms with Gasteiger partial charge in [-0.25, -0.2) is 19.3 Å². The van der Waals surface area contributed by atoms with Gasteiger partial charge < -0.3 is 25.6 Å². The van der Waals surface area contributed by atoms with Crippen LogP contribution in [0.5, 0.6) is 0 Å². The van der Waals surface area contributed by atoms with Crippen LogP contribution in [0.2, 0.25) is 5.02 Å². The van der Waals surface area contributed by atoms with Crippen molar-refractivity contribution in [2.45, 2.75) is 31.1 Å². The number of imidazole rings is 1. The molecule has 1 saturated heterocycles. The van der Waals surface area contributed by atoms with Crippen LogP contribution in [0.25, 0.3) is 22.6 Å². The molecule has 1 aliphatic rings. The second-order valence-electron chi connectivity index (χ2n) is 7.97. The number of hydrogen-bond donors (Lipinski definition) is 4. The number of carbonyl (C=O) groups is 1. The number of likely N-dealkylation sites (N-methyl/N-ethyl adjacent to an activating group) is 1. The third-order valence-electron chi connectivity index (χ3n) is 5.62. The van der Waals surface area contributed by atoms with Crippen molar-refractivity contribution < 1.29 is 24.1 Å². The monoisotopic (exact) mass is 514 g/mol. The fraction of sp³-hybridized carbons (Fsp3) is 0.273. The third-order valence-corrected chi connectivity index (χ3v) is 5.85. The summed E-state index contributed by atoms with van der Waals surface area (Å²) in [7, 11) is 1.39. The number of fused-ring (bicyclic) bond motifs is 1. The molecule has 0 aromatic carbocycles. The maximum absolute atomic E-state index is 13.9. The van der Waals surface area contributed by atoms with E-state index >= 15 is 0 Å². The van der Waals surface area contributed by atoms with Gasteiger partial charge in [0.15, 0.2) is 35.1 Å². The van der Waals surface area contributed by atoms with Crippen LogP contribution in [0.1, 0.15) is 11.9 Å². The number of aromatic nitrogens is 6. The van der Waals surface area contributed by atoms with Gasteiger partial charge in [0.05, 0.1) is 24.8 Å². The van der Waals surface area contributed by atoms with Gasteiger partial charge in [0.25, 0.3) is 5.91 Å². The Balaban J connectivity index is 1.58. The fourth-order valence-electron chi connectivity index (χ4n) is 3.86. The van der Waals surface area contributed by atoms with E-state index in [-0.39, 0.29) is 23.8 Å². The summed E-state index contributed by atoms with van der Waals surface area (Å²) in [5, 5.41) is 27.0. The molecule has 0 radical (unpaired) electrons. The molecule has 1 amide bonds. The Morgan fingerprint density at radius 1 is 1.22 bits per heavy atom. The highest BCUT2D eigenvalue weighted by atomic mass is 35.5. The van der Waals surface area contributed by atoms with Crippen molar-refractivity contribution in [1.82, 2.24) is 34.8 Å². The molecule has 5 rings (SSSR count). The van der Waals surface area contributed by atoms with Crippen LogP contribution in [-0.2, 0) is 16.1 Å². The Labute approximate surface area is 208 Å². The molecular weight excluding hydrogens is 495 g/mol. The summed E-state index contributed by atoms with van der Waals surface area (Å²) < 4.78 is 20.9. The van der Waals surface area contributed by atoms with Crippen LogP contribution >= 0.6 is 11.6 Å². The number of anilines is 1. The normalized spacial score (nSPS) is 21.6. The van der Waals surface area contributed by atoms with Crippen LogP contribution in [-0.4, -0.2) is 71.0 Å². The maximum atomic E-state index is 13.9. The number of hydrogen-bond acceptors (Lipinski definition) is 10. The summed E-state index contributed by atoms with van der Waals surface area (Å²) in [5.41, 5.74) is 1.44. The lowest BCUT2D eigenvalue weighted by Crippen LogP contribution is -2.41. The first kappa shape index (κ1) is 23.9. The highest BCUT2D eigenvalue weighted by Gasteiger charge is 2.47. The van der Waals surface area contributed by atoms with E-state index in [1.54, 1.807) is 18.3 Å². The number of carbonyl (C=O) groups excluding carboxylic acids is 1. The van der Waals surface area contributed by atoms with Crippen molar-refractivity contribution >= 4 is 34.5 Å². The topological polar surface area (TPSA) is 160 Å². The summed E-state index contributed by atoms with van der Waals surface area (Å²) in [6.45, 7) is 0.236. The standard InChI is InChI=1S/C22H20ClFN8O4/c1-25-21(35)17-15(33)16(34)22(36-17)32-9-29-14-19(28-8-13-5-11(23)2-3-27-13)30-18(31-20(14)32)10-4-12(24)7-26-6-10/h2-7,9,15-17,22,33-34H,8H2,1H3,(H,25,35)(H,28,30,31)/t15?,16?,17-,22?/m1/s1. The summed E-state index contributed by atoms with van der Waals surface area (Å²) in [5.74, 6) is -0.760. The van der Waals surface area contributed by atoms with E-state index in [0.29, 0.717) is 21.8 Å². The van der Waals surface area contributed by atoms with Crippen LogP contribution in [0.4, 0.5) is 10.2 Å². The van der Waals surface area contributed by atoms with Gasteiger partial charge in [0.2, 0.25) is 0 Å². The molecule has 4 N–H and O–H groups in total. The Hall–Kier alpha value is -3.78. The lowest BCUT2D eigenvalue weighted by atomic mass is 10.1. The van der Waals surface area contributed by atoms with Gasteiger partial charge in [0, 0.05) is 30.0 Å². The van der Waals surface area contributed by atoms with Crippen molar-refractivity contribution in [3.63, 3.8) is 0 Å². The molecule has 4 atom stereocenters. The van der Waals surface area contributed by atoms with E-state index in [9.17, 15) is 19.4 Å². The number of ether oxygens (including phenoxy) is 1. The molecule has 186 valence electrons. The van der Waals surface area contributed by atoms with Gasteiger partial charge >= 0.3 is 0 Å². The van der Waals surface area contributed by atoms with Crippen molar-refractivity contribution in [2.24, 2.45) is 0 Å². The Morgan fingerprint density at radius 3 is 2.81 bits per heavy atom. The van der Waals surface area contributed by atoms with Crippen molar-refractivity contribution in [3.8, 4) is 11.4 Å². The van der Waals surface area contributed by atoms with Gasteiger partial charge in [-0.1, -0.05) is 11.6 Å². The summed E-state index contributed by atoms with van der Waals surface area (Å²) in [6, 6.07) is 4.56. The quantitative estimate of drug-likeness (QED) is 0.293. The zero-order chi connectivity index (χ0) is 25.4. The molecule has 36 heavy (non-hydrogen) atoms. The van der Waals surface area contributed by atoms with Crippen LogP contribution in [0, 0.1) is 5.82 Å². The molecule has 4 aromatic heterocycles. The first-order valence-electron chi connectivity index (χ1n) is 10.8. The first-order chi connectivity index (χ1) is 17.4. The van der Waals surface area contributed by atoms with Gasteiger partial charge in [-0.05, 0) is 18.2 Å². The van der Waals surface area contributed by atoms with E-state index in [0.717, 1.165) is 6.20 Å². The van der Waals surface area contributed by atoms with E-state index in [4.69, 9.17) is 16.3 Å². The molecule has 5 heterocycles. The molecule has 12 nitrogen and oxygen atoms in total. The predicted octanol–water partition coefficient (Wildman–Crippen LogP) is 1.05. The lowest BCUT2D eigenvalue weighted by Gasteiger charge is -2.17. The molecule has 0 aliphatic carbocycles. The molecule has 4 aromatic rings. The van der Waals surface area contributed by atoms with Gasteiger partial charge in [-0.15, -0.1) is 0 Å². The number of nitrogens with zero attached hydrogens (tertiary/aromatic N) is 6. The molecule has 1 fully saturated rings. The molecule has 0 saturated carbocycles. The lowest BCUT2D eigenvalue weighted by molar-refractivity contribution is -0.137. The highest BCUT2D eigenvalue weighted by molar-refractivity contribution is 6.30. The highest BCUT2D eigenvalue weighted by Crippen LogP contribution is 2.33. The van der Waals surface area contributed by atoms with Crippen molar-refractivity contribution in [2.75, 3.05) is 12.4 Å².